The molecule has 4 bridgehead atoms. The highest BCUT2D eigenvalue weighted by Gasteiger charge is 2.37. The third-order valence-corrected chi connectivity index (χ3v) is 10.5. The molecule has 60 heavy (non-hydrogen) atoms. The summed E-state index contributed by atoms with van der Waals surface area (Å²) in [5.74, 6) is -6.16. The zero-order valence-electron chi connectivity index (χ0n) is 33.7. The predicted octanol–water partition coefficient (Wildman–Crippen LogP) is 2.54. The normalized spacial score (nSPS) is 19.5. The van der Waals surface area contributed by atoms with E-state index in [0.717, 1.165) is 24.8 Å². The average Bonchev–Trinajstić information content (AvgIpc) is 3.23. The van der Waals surface area contributed by atoms with Gasteiger partial charge in [0, 0.05) is 19.8 Å². The van der Waals surface area contributed by atoms with Gasteiger partial charge in [-0.05, 0) is 66.1 Å². The zero-order chi connectivity index (χ0) is 43.2. The first-order valence-corrected chi connectivity index (χ1v) is 20.2. The second kappa shape index (κ2) is 21.4. The number of carboxylic acids is 1. The van der Waals surface area contributed by atoms with Crippen LogP contribution in [0, 0.1) is 5.92 Å². The number of rotatable bonds is 13. The van der Waals surface area contributed by atoms with E-state index in [1.54, 1.807) is 73.7 Å². The number of Topliss-reactive ketones (excluding diaryl/α,β-unsaturated/α-hetero) is 1. The van der Waals surface area contributed by atoms with Crippen molar-refractivity contribution in [2.45, 2.75) is 102 Å². The summed E-state index contributed by atoms with van der Waals surface area (Å²) >= 11 is 0. The SMILES string of the molecule is CCCC(NC(=O)[C@@H]1Cc2cccc(c2)Oc2ccc(cc2)C[C@H](NC(C)=O)C(=O)N[C@H](C2CCCCC2)C(=O)N1)C(=O)C(=O)NCC(=O)N[C@H](C(=O)O)c1ccccc1. The summed E-state index contributed by atoms with van der Waals surface area (Å²) in [4.78, 5) is 106. The lowest BCUT2D eigenvalue weighted by Crippen LogP contribution is -2.60. The van der Waals surface area contributed by atoms with Crippen molar-refractivity contribution in [1.29, 1.82) is 0 Å². The lowest BCUT2D eigenvalue weighted by Gasteiger charge is -2.32. The van der Waals surface area contributed by atoms with Crippen molar-refractivity contribution in [1.82, 2.24) is 31.9 Å². The van der Waals surface area contributed by atoms with Crippen LogP contribution in [0.1, 0.15) is 81.5 Å². The van der Waals surface area contributed by atoms with E-state index in [1.165, 1.54) is 19.1 Å². The Morgan fingerprint density at radius 2 is 1.52 bits per heavy atom. The van der Waals surface area contributed by atoms with Gasteiger partial charge in [0.25, 0.3) is 5.91 Å². The van der Waals surface area contributed by atoms with Crippen molar-refractivity contribution in [2.24, 2.45) is 5.92 Å². The van der Waals surface area contributed by atoms with E-state index in [4.69, 9.17) is 4.74 Å². The Morgan fingerprint density at radius 1 is 0.800 bits per heavy atom. The lowest BCUT2D eigenvalue weighted by molar-refractivity contribution is -0.142. The molecule has 1 fully saturated rings. The maximum absolute atomic E-state index is 14.4. The topological polar surface area (TPSA) is 238 Å². The molecule has 1 aliphatic carbocycles. The van der Waals surface area contributed by atoms with Crippen LogP contribution in [0.15, 0.2) is 78.9 Å². The van der Waals surface area contributed by atoms with Gasteiger partial charge in [-0.15, -0.1) is 0 Å². The smallest absolute Gasteiger partial charge is 0.330 e. The van der Waals surface area contributed by atoms with Crippen LogP contribution in [0.2, 0.25) is 0 Å². The van der Waals surface area contributed by atoms with Crippen LogP contribution in [0.3, 0.4) is 0 Å². The van der Waals surface area contributed by atoms with Crippen molar-refractivity contribution in [2.75, 3.05) is 6.54 Å². The Bertz CT molecular complexity index is 2040. The minimum Gasteiger partial charge on any atom is -0.479 e. The number of nitrogens with one attached hydrogen (secondary N) is 6. The first kappa shape index (κ1) is 44.5. The van der Waals surface area contributed by atoms with Gasteiger partial charge in [-0.3, -0.25) is 33.6 Å². The summed E-state index contributed by atoms with van der Waals surface area (Å²) in [6.07, 6.45) is 4.38. The molecule has 3 aliphatic rings. The van der Waals surface area contributed by atoms with Gasteiger partial charge >= 0.3 is 5.97 Å². The summed E-state index contributed by atoms with van der Waals surface area (Å²) in [6.45, 7) is 2.33. The number of ether oxygens (including phenoxy) is 1. The second-order valence-electron chi connectivity index (χ2n) is 15.1. The van der Waals surface area contributed by atoms with Gasteiger partial charge in [0.15, 0.2) is 6.04 Å². The molecule has 3 aromatic carbocycles. The first-order valence-electron chi connectivity index (χ1n) is 20.2. The summed E-state index contributed by atoms with van der Waals surface area (Å²) in [7, 11) is 0. The van der Waals surface area contributed by atoms with E-state index in [0.29, 0.717) is 41.9 Å². The van der Waals surface area contributed by atoms with Crippen molar-refractivity contribution in [3.8, 4) is 11.5 Å². The molecule has 5 atom stereocenters. The molecule has 318 valence electrons. The van der Waals surface area contributed by atoms with Crippen molar-refractivity contribution in [3.05, 3.63) is 95.6 Å². The van der Waals surface area contributed by atoms with E-state index in [1.807, 2.05) is 0 Å². The van der Waals surface area contributed by atoms with Crippen molar-refractivity contribution < 1.29 is 48.2 Å². The number of benzene rings is 3. The third-order valence-electron chi connectivity index (χ3n) is 10.5. The molecule has 1 saturated carbocycles. The molecule has 3 aromatic rings. The lowest BCUT2D eigenvalue weighted by atomic mass is 9.83. The molecule has 0 saturated heterocycles. The summed E-state index contributed by atoms with van der Waals surface area (Å²) in [6, 6.07) is 15.8. The fourth-order valence-corrected chi connectivity index (χ4v) is 7.46. The third kappa shape index (κ3) is 12.7. The first-order chi connectivity index (χ1) is 28.8. The molecule has 2 heterocycles. The number of hydrogen-bond acceptors (Lipinski definition) is 9. The summed E-state index contributed by atoms with van der Waals surface area (Å²) in [5.41, 5.74) is 1.64. The Morgan fingerprint density at radius 3 is 2.18 bits per heavy atom. The number of carboxylic acid groups (broad SMARTS) is 1. The van der Waals surface area contributed by atoms with Gasteiger partial charge in [-0.1, -0.05) is 87.2 Å². The molecule has 0 spiro atoms. The largest absolute Gasteiger partial charge is 0.479 e. The number of hydrogen-bond donors (Lipinski definition) is 7. The van der Waals surface area contributed by atoms with E-state index >= 15 is 0 Å². The second-order valence-corrected chi connectivity index (χ2v) is 15.1. The number of carbonyl (C=O) groups is 8. The molecular formula is C44H52N6O10. The van der Waals surface area contributed by atoms with Crippen LogP contribution in [-0.4, -0.2) is 83.0 Å². The average molecular weight is 825 g/mol. The zero-order valence-corrected chi connectivity index (χ0v) is 33.7. The highest BCUT2D eigenvalue weighted by Crippen LogP contribution is 2.28. The fourth-order valence-electron chi connectivity index (χ4n) is 7.46. The van der Waals surface area contributed by atoms with Crippen LogP contribution in [0.25, 0.3) is 0 Å². The van der Waals surface area contributed by atoms with E-state index in [9.17, 15) is 43.5 Å². The summed E-state index contributed by atoms with van der Waals surface area (Å²) < 4.78 is 6.09. The van der Waals surface area contributed by atoms with Crippen LogP contribution < -0.4 is 36.6 Å². The van der Waals surface area contributed by atoms with Gasteiger partial charge in [-0.2, -0.15) is 0 Å². The van der Waals surface area contributed by atoms with Crippen molar-refractivity contribution >= 4 is 47.2 Å². The molecule has 16 nitrogen and oxygen atoms in total. The molecule has 16 heteroatoms. The Balaban J connectivity index is 1.38. The van der Waals surface area contributed by atoms with E-state index in [-0.39, 0.29) is 25.2 Å². The minimum absolute atomic E-state index is 0.0349. The Kier molecular flexibility index (Phi) is 15.9. The molecule has 1 unspecified atom stereocenters. The molecular weight excluding hydrogens is 773 g/mol. The number of aliphatic carboxylic acids is 1. The van der Waals surface area contributed by atoms with Gasteiger partial charge in [0.05, 0.1) is 12.6 Å². The number of carbonyl (C=O) groups excluding carboxylic acids is 7. The van der Waals surface area contributed by atoms with Crippen molar-refractivity contribution in [3.63, 3.8) is 0 Å². The van der Waals surface area contributed by atoms with E-state index in [2.05, 4.69) is 31.9 Å². The number of ketones is 1. The standard InChI is InChI=1S/C44H52N6O10/c1-3-11-33(39(53)43(57)45-25-36(52)49-38(44(58)59)30-15-8-5-9-16-30)47-40(54)35-24-28-12-10-17-32(22-28)60-31-20-18-27(19-21-31)23-34(46-26(2)51)41(55)50-37(42(56)48-35)29-13-6-4-7-14-29/h5,8-10,12,15-22,29,33-35,37-38H,3-4,6-7,11,13-14,23-25H2,1-2H3,(H,45,57)(H,46,51)(H,47,54)(H,48,56)(H,49,52)(H,50,55)(H,58,59)/t33?,34-,35-,37+,38-/m0/s1. The number of fused-ring (bicyclic) bond motifs is 10. The Hall–Kier alpha value is -6.58. The van der Waals surface area contributed by atoms with Crippen LogP contribution >= 0.6 is 0 Å². The Labute approximate surface area is 348 Å². The van der Waals surface area contributed by atoms with Crippen LogP contribution in [-0.2, 0) is 51.2 Å². The van der Waals surface area contributed by atoms with Gasteiger partial charge in [0.1, 0.15) is 29.6 Å². The molecule has 6 rings (SSSR count). The molecule has 0 aromatic heterocycles. The quantitative estimate of drug-likeness (QED) is 0.124. The molecule has 6 amide bonds. The number of amides is 6. The maximum Gasteiger partial charge on any atom is 0.330 e. The highest BCUT2D eigenvalue weighted by molar-refractivity contribution is 6.38. The fraction of sp³-hybridized carbons (Fsp3) is 0.409. The maximum atomic E-state index is 14.4. The van der Waals surface area contributed by atoms with E-state index < -0.39 is 83.9 Å². The summed E-state index contributed by atoms with van der Waals surface area (Å²) in [5, 5.41) is 25.2. The van der Waals surface area contributed by atoms with Gasteiger partial charge in [0.2, 0.25) is 35.3 Å². The van der Waals surface area contributed by atoms with Gasteiger partial charge in [-0.25, -0.2) is 4.79 Å². The molecule has 7 N–H and O–H groups in total. The highest BCUT2D eigenvalue weighted by atomic mass is 16.5. The predicted molar refractivity (Wildman–Crippen MR) is 218 cm³/mol. The monoisotopic (exact) mass is 824 g/mol. The molecule has 0 radical (unpaired) electrons. The van der Waals surface area contributed by atoms with Crippen LogP contribution in [0.5, 0.6) is 11.5 Å². The van der Waals surface area contributed by atoms with Gasteiger partial charge < -0.3 is 41.7 Å². The minimum atomic E-state index is -1.40. The van der Waals surface area contributed by atoms with Crippen LogP contribution in [0.4, 0.5) is 0 Å². The molecule has 2 aliphatic heterocycles.